The van der Waals surface area contributed by atoms with Gasteiger partial charge in [-0.05, 0) is 38.5 Å². The Hall–Kier alpha value is -1.95. The van der Waals surface area contributed by atoms with Gasteiger partial charge in [0.05, 0.1) is 17.0 Å². The minimum absolute atomic E-state index is 0.0226. The molecule has 0 spiro atoms. The van der Waals surface area contributed by atoms with Crippen molar-refractivity contribution >= 4 is 5.95 Å². The standard InChI is InChI=1S/C18H24N4O2/c1-12-5-3-7-22(11-12)18-19-10-14(16-9-13(2)21-24-16)17(20-18)15-6-4-8-23-15/h9-10,12,15H,3-8,11H2,1-2H3/t12-,15+/m0/s1. The molecule has 2 aromatic heterocycles. The van der Waals surface area contributed by atoms with Crippen LogP contribution in [0.2, 0.25) is 0 Å². The van der Waals surface area contributed by atoms with Gasteiger partial charge in [0.15, 0.2) is 5.76 Å². The molecule has 2 aliphatic heterocycles. The first-order valence-electron chi connectivity index (χ1n) is 8.88. The third kappa shape index (κ3) is 3.02. The number of piperidine rings is 1. The molecule has 6 nitrogen and oxygen atoms in total. The summed E-state index contributed by atoms with van der Waals surface area (Å²) in [5.74, 6) is 2.22. The maximum Gasteiger partial charge on any atom is 0.225 e. The molecule has 0 radical (unpaired) electrons. The predicted octanol–water partition coefficient (Wildman–Crippen LogP) is 3.53. The highest BCUT2D eigenvalue weighted by Gasteiger charge is 2.27. The average Bonchev–Trinajstić information content (AvgIpc) is 3.26. The van der Waals surface area contributed by atoms with Gasteiger partial charge in [-0.2, -0.15) is 0 Å². The lowest BCUT2D eigenvalue weighted by Crippen LogP contribution is -2.35. The average molecular weight is 328 g/mol. The molecule has 0 unspecified atom stereocenters. The summed E-state index contributed by atoms with van der Waals surface area (Å²) in [5, 5.41) is 4.00. The van der Waals surface area contributed by atoms with Gasteiger partial charge < -0.3 is 14.2 Å². The van der Waals surface area contributed by atoms with E-state index >= 15 is 0 Å². The van der Waals surface area contributed by atoms with Crippen LogP contribution in [0.5, 0.6) is 0 Å². The second kappa shape index (κ2) is 6.51. The van der Waals surface area contributed by atoms with Gasteiger partial charge in [0.1, 0.15) is 6.10 Å². The fourth-order valence-corrected chi connectivity index (χ4v) is 3.63. The van der Waals surface area contributed by atoms with Crippen LogP contribution in [0.15, 0.2) is 16.8 Å². The Morgan fingerprint density at radius 1 is 1.25 bits per heavy atom. The Labute approximate surface area is 142 Å². The third-order valence-electron chi connectivity index (χ3n) is 4.87. The van der Waals surface area contributed by atoms with E-state index in [1.165, 1.54) is 12.8 Å². The van der Waals surface area contributed by atoms with Crippen LogP contribution in [-0.2, 0) is 4.74 Å². The van der Waals surface area contributed by atoms with Crippen LogP contribution in [0.1, 0.15) is 50.1 Å². The first kappa shape index (κ1) is 15.6. The molecule has 0 bridgehead atoms. The molecule has 24 heavy (non-hydrogen) atoms. The Morgan fingerprint density at radius 3 is 2.88 bits per heavy atom. The van der Waals surface area contributed by atoms with Gasteiger partial charge in [-0.15, -0.1) is 0 Å². The van der Waals surface area contributed by atoms with Gasteiger partial charge in [0.25, 0.3) is 0 Å². The minimum atomic E-state index is 0.0226. The van der Waals surface area contributed by atoms with Crippen molar-refractivity contribution in [2.45, 2.75) is 45.6 Å². The summed E-state index contributed by atoms with van der Waals surface area (Å²) < 4.78 is 11.4. The number of ether oxygens (including phenoxy) is 1. The maximum atomic E-state index is 5.90. The number of nitrogens with zero attached hydrogens (tertiary/aromatic N) is 4. The largest absolute Gasteiger partial charge is 0.372 e. The highest BCUT2D eigenvalue weighted by atomic mass is 16.5. The zero-order valence-corrected chi connectivity index (χ0v) is 14.4. The third-order valence-corrected chi connectivity index (χ3v) is 4.87. The van der Waals surface area contributed by atoms with E-state index in [2.05, 4.69) is 22.0 Å². The lowest BCUT2D eigenvalue weighted by Gasteiger charge is -2.31. The van der Waals surface area contributed by atoms with Gasteiger partial charge in [0.2, 0.25) is 5.95 Å². The number of hydrogen-bond donors (Lipinski definition) is 0. The molecule has 2 aliphatic rings. The quantitative estimate of drug-likeness (QED) is 0.859. The fourth-order valence-electron chi connectivity index (χ4n) is 3.63. The van der Waals surface area contributed by atoms with Crippen LogP contribution in [0.25, 0.3) is 11.3 Å². The number of hydrogen-bond acceptors (Lipinski definition) is 6. The van der Waals surface area contributed by atoms with E-state index < -0.39 is 0 Å². The summed E-state index contributed by atoms with van der Waals surface area (Å²) in [7, 11) is 0. The Morgan fingerprint density at radius 2 is 2.17 bits per heavy atom. The van der Waals surface area contributed by atoms with Crippen molar-refractivity contribution in [2.75, 3.05) is 24.6 Å². The molecule has 128 valence electrons. The summed E-state index contributed by atoms with van der Waals surface area (Å²) in [6.45, 7) is 7.04. The van der Waals surface area contributed by atoms with Gasteiger partial charge >= 0.3 is 0 Å². The van der Waals surface area contributed by atoms with E-state index in [-0.39, 0.29) is 6.10 Å². The van der Waals surface area contributed by atoms with Crippen molar-refractivity contribution in [3.05, 3.63) is 23.7 Å². The van der Waals surface area contributed by atoms with E-state index in [1.54, 1.807) is 0 Å². The summed E-state index contributed by atoms with van der Waals surface area (Å²) in [5.41, 5.74) is 2.69. The van der Waals surface area contributed by atoms with Crippen molar-refractivity contribution < 1.29 is 9.26 Å². The molecule has 2 saturated heterocycles. The first-order valence-corrected chi connectivity index (χ1v) is 8.88. The predicted molar refractivity (Wildman–Crippen MR) is 90.8 cm³/mol. The molecule has 2 aromatic rings. The molecule has 2 atom stereocenters. The molecular formula is C18H24N4O2. The molecule has 2 fully saturated rings. The summed E-state index contributed by atoms with van der Waals surface area (Å²) in [4.78, 5) is 11.8. The fraction of sp³-hybridized carbons (Fsp3) is 0.611. The Kier molecular flexibility index (Phi) is 4.22. The minimum Gasteiger partial charge on any atom is -0.372 e. The molecule has 4 rings (SSSR count). The van der Waals surface area contributed by atoms with Gasteiger partial charge in [0, 0.05) is 32.0 Å². The Balaban J connectivity index is 1.71. The van der Waals surface area contributed by atoms with Crippen LogP contribution in [0.3, 0.4) is 0 Å². The van der Waals surface area contributed by atoms with Crippen LogP contribution in [-0.4, -0.2) is 34.8 Å². The lowest BCUT2D eigenvalue weighted by molar-refractivity contribution is 0.109. The molecule has 0 aromatic carbocycles. The zero-order valence-electron chi connectivity index (χ0n) is 14.4. The number of anilines is 1. The van der Waals surface area contributed by atoms with E-state index in [1.807, 2.05) is 19.2 Å². The molecule has 6 heteroatoms. The maximum absolute atomic E-state index is 5.90. The molecule has 0 aliphatic carbocycles. The summed E-state index contributed by atoms with van der Waals surface area (Å²) >= 11 is 0. The first-order chi connectivity index (χ1) is 11.7. The van der Waals surface area contributed by atoms with E-state index in [4.69, 9.17) is 14.2 Å². The van der Waals surface area contributed by atoms with Crippen molar-refractivity contribution in [3.8, 4) is 11.3 Å². The van der Waals surface area contributed by atoms with Gasteiger partial charge in [-0.3, -0.25) is 0 Å². The second-order valence-electron chi connectivity index (χ2n) is 7.00. The molecule has 0 N–H and O–H groups in total. The molecule has 0 amide bonds. The topological polar surface area (TPSA) is 64.3 Å². The number of aromatic nitrogens is 3. The highest BCUT2D eigenvalue weighted by Crippen LogP contribution is 2.35. The van der Waals surface area contributed by atoms with Crippen LogP contribution < -0.4 is 4.90 Å². The van der Waals surface area contributed by atoms with E-state index in [0.717, 1.165) is 61.2 Å². The van der Waals surface area contributed by atoms with Crippen LogP contribution in [0.4, 0.5) is 5.95 Å². The Bertz CT molecular complexity index is 709. The van der Waals surface area contributed by atoms with E-state index in [9.17, 15) is 0 Å². The number of rotatable bonds is 3. The second-order valence-corrected chi connectivity index (χ2v) is 7.00. The van der Waals surface area contributed by atoms with Crippen molar-refractivity contribution in [2.24, 2.45) is 5.92 Å². The zero-order chi connectivity index (χ0) is 16.5. The molecule has 4 heterocycles. The van der Waals surface area contributed by atoms with E-state index in [0.29, 0.717) is 5.92 Å². The number of aryl methyl sites for hydroxylation is 1. The smallest absolute Gasteiger partial charge is 0.225 e. The highest BCUT2D eigenvalue weighted by molar-refractivity contribution is 5.61. The van der Waals surface area contributed by atoms with Crippen LogP contribution in [0, 0.1) is 12.8 Å². The summed E-state index contributed by atoms with van der Waals surface area (Å²) in [6.07, 6.45) is 6.44. The van der Waals surface area contributed by atoms with Crippen molar-refractivity contribution in [1.82, 2.24) is 15.1 Å². The lowest BCUT2D eigenvalue weighted by atomic mass is 10.0. The molecule has 0 saturated carbocycles. The SMILES string of the molecule is Cc1cc(-c2cnc(N3CCC[C@H](C)C3)nc2[C@H]2CCCO2)on1. The monoisotopic (exact) mass is 328 g/mol. The molecular weight excluding hydrogens is 304 g/mol. The van der Waals surface area contributed by atoms with Gasteiger partial charge in [-0.25, -0.2) is 9.97 Å². The van der Waals surface area contributed by atoms with Crippen molar-refractivity contribution in [3.63, 3.8) is 0 Å². The normalized spacial score (nSPS) is 24.5. The van der Waals surface area contributed by atoms with Crippen LogP contribution >= 0.6 is 0 Å². The van der Waals surface area contributed by atoms with Gasteiger partial charge in [-0.1, -0.05) is 12.1 Å². The summed E-state index contributed by atoms with van der Waals surface area (Å²) in [6, 6.07) is 1.93. The van der Waals surface area contributed by atoms with Crippen molar-refractivity contribution in [1.29, 1.82) is 0 Å².